The van der Waals surface area contributed by atoms with Gasteiger partial charge in [0.1, 0.15) is 5.82 Å². The fourth-order valence-corrected chi connectivity index (χ4v) is 3.84. The summed E-state index contributed by atoms with van der Waals surface area (Å²) in [5, 5.41) is 10.6. The highest BCUT2D eigenvalue weighted by molar-refractivity contribution is 7.98. The summed E-state index contributed by atoms with van der Waals surface area (Å²) < 4.78 is 1.82. The van der Waals surface area contributed by atoms with E-state index in [9.17, 15) is 4.79 Å². The molecule has 0 aliphatic carbocycles. The Morgan fingerprint density at radius 3 is 2.56 bits per heavy atom. The van der Waals surface area contributed by atoms with Crippen molar-refractivity contribution < 1.29 is 4.79 Å². The van der Waals surface area contributed by atoms with Gasteiger partial charge in [0.25, 0.3) is 0 Å². The number of fused-ring (bicyclic) bond motifs is 1. The second kappa shape index (κ2) is 6.64. The third-order valence-electron chi connectivity index (χ3n) is 4.09. The average molecular weight is 350 g/mol. The van der Waals surface area contributed by atoms with Gasteiger partial charge in [-0.15, -0.1) is 0 Å². The van der Waals surface area contributed by atoms with Crippen LogP contribution in [0.3, 0.4) is 0 Å². The van der Waals surface area contributed by atoms with Gasteiger partial charge in [0, 0.05) is 22.8 Å². The number of anilines is 2. The number of nitrogens with zero attached hydrogens (tertiary/aromatic N) is 2. The molecular weight excluding hydrogens is 332 g/mol. The summed E-state index contributed by atoms with van der Waals surface area (Å²) in [6, 6.07) is 17.3. The molecule has 0 atom stereocenters. The molecule has 1 aliphatic heterocycles. The quantitative estimate of drug-likeness (QED) is 0.727. The second-order valence-corrected chi connectivity index (χ2v) is 6.94. The number of benzene rings is 2. The van der Waals surface area contributed by atoms with Crippen molar-refractivity contribution in [1.29, 1.82) is 0 Å². The van der Waals surface area contributed by atoms with E-state index in [-0.39, 0.29) is 6.03 Å². The Balaban J connectivity index is 1.61. The number of aryl methyl sites for hydroxylation is 1. The highest BCUT2D eigenvalue weighted by Gasteiger charge is 2.24. The first-order valence-electron chi connectivity index (χ1n) is 8.09. The Morgan fingerprint density at radius 2 is 1.80 bits per heavy atom. The number of carbonyl (C=O) groups is 1. The Bertz CT molecular complexity index is 903. The van der Waals surface area contributed by atoms with Crippen molar-refractivity contribution in [3.63, 3.8) is 0 Å². The first-order valence-corrected chi connectivity index (χ1v) is 9.25. The van der Waals surface area contributed by atoms with Gasteiger partial charge in [-0.1, -0.05) is 35.9 Å². The van der Waals surface area contributed by atoms with Crippen LogP contribution in [0.2, 0.25) is 0 Å². The van der Waals surface area contributed by atoms with Crippen molar-refractivity contribution in [1.82, 2.24) is 9.78 Å². The summed E-state index contributed by atoms with van der Waals surface area (Å²) in [6.45, 7) is 2.02. The summed E-state index contributed by atoms with van der Waals surface area (Å²) in [5.41, 5.74) is 5.00. The second-order valence-electron chi connectivity index (χ2n) is 5.96. The molecule has 2 amide bonds. The van der Waals surface area contributed by atoms with Crippen molar-refractivity contribution in [2.75, 3.05) is 10.6 Å². The topological polar surface area (TPSA) is 59.0 Å². The Hall–Kier alpha value is -2.73. The van der Waals surface area contributed by atoms with Crippen LogP contribution in [0.15, 0.2) is 54.6 Å². The minimum atomic E-state index is -0.263. The van der Waals surface area contributed by atoms with Gasteiger partial charge in [-0.25, -0.2) is 9.48 Å². The molecule has 0 bridgehead atoms. The van der Waals surface area contributed by atoms with E-state index in [0.717, 1.165) is 45.5 Å². The van der Waals surface area contributed by atoms with Gasteiger partial charge < -0.3 is 5.32 Å². The van der Waals surface area contributed by atoms with Crippen LogP contribution in [0.5, 0.6) is 0 Å². The Morgan fingerprint density at radius 1 is 1.04 bits per heavy atom. The monoisotopic (exact) mass is 350 g/mol. The third kappa shape index (κ3) is 3.25. The standard InChI is InChI=1S/C19H18N4OS/c1-13-7-9-14(10-8-13)20-19(24)21-18-16-11-25-12-17(16)22-23(18)15-5-3-2-4-6-15/h2-10H,11-12H2,1H3,(H2,20,21,24). The maximum absolute atomic E-state index is 12.5. The molecule has 126 valence electrons. The molecule has 5 nitrogen and oxygen atoms in total. The fraction of sp³-hybridized carbons (Fsp3) is 0.158. The highest BCUT2D eigenvalue weighted by Crippen LogP contribution is 2.36. The predicted molar refractivity (Wildman–Crippen MR) is 102 cm³/mol. The predicted octanol–water partition coefficient (Wildman–Crippen LogP) is 4.57. The van der Waals surface area contributed by atoms with Gasteiger partial charge in [-0.3, -0.25) is 5.32 Å². The first kappa shape index (κ1) is 15.8. The van der Waals surface area contributed by atoms with E-state index in [2.05, 4.69) is 15.7 Å². The number of thioether (sulfide) groups is 1. The molecule has 3 aromatic rings. The Kier molecular flexibility index (Phi) is 4.19. The van der Waals surface area contributed by atoms with Crippen LogP contribution in [0.1, 0.15) is 16.8 Å². The maximum atomic E-state index is 12.5. The van der Waals surface area contributed by atoms with E-state index in [1.165, 1.54) is 0 Å². The summed E-state index contributed by atoms with van der Waals surface area (Å²) in [7, 11) is 0. The fourth-order valence-electron chi connectivity index (χ4n) is 2.80. The lowest BCUT2D eigenvalue weighted by Crippen LogP contribution is -2.22. The van der Waals surface area contributed by atoms with Gasteiger partial charge in [0.15, 0.2) is 0 Å². The van der Waals surface area contributed by atoms with Crippen LogP contribution in [0.25, 0.3) is 5.69 Å². The molecule has 0 fully saturated rings. The van der Waals surface area contributed by atoms with Crippen LogP contribution >= 0.6 is 11.8 Å². The molecule has 2 N–H and O–H groups in total. The van der Waals surface area contributed by atoms with Crippen molar-refractivity contribution in [2.45, 2.75) is 18.4 Å². The number of urea groups is 1. The number of hydrogen-bond acceptors (Lipinski definition) is 3. The van der Waals surface area contributed by atoms with E-state index in [4.69, 9.17) is 0 Å². The lowest BCUT2D eigenvalue weighted by Gasteiger charge is -2.12. The zero-order valence-electron chi connectivity index (χ0n) is 13.8. The van der Waals surface area contributed by atoms with Gasteiger partial charge in [-0.05, 0) is 31.2 Å². The van der Waals surface area contributed by atoms with E-state index in [1.807, 2.05) is 78.0 Å². The van der Waals surface area contributed by atoms with Crippen LogP contribution in [-0.4, -0.2) is 15.8 Å². The molecule has 6 heteroatoms. The smallest absolute Gasteiger partial charge is 0.308 e. The molecule has 2 aromatic carbocycles. The lowest BCUT2D eigenvalue weighted by molar-refractivity contribution is 0.262. The summed E-state index contributed by atoms with van der Waals surface area (Å²) >= 11 is 1.81. The van der Waals surface area contributed by atoms with Crippen molar-refractivity contribution in [2.24, 2.45) is 0 Å². The maximum Gasteiger partial charge on any atom is 0.324 e. The Labute approximate surface area is 150 Å². The van der Waals surface area contributed by atoms with E-state index < -0.39 is 0 Å². The van der Waals surface area contributed by atoms with Crippen molar-refractivity contribution in [3.8, 4) is 5.69 Å². The largest absolute Gasteiger partial charge is 0.324 e. The lowest BCUT2D eigenvalue weighted by atomic mass is 10.2. The molecule has 0 saturated carbocycles. The summed E-state index contributed by atoms with van der Waals surface area (Å²) in [4.78, 5) is 12.5. The SMILES string of the molecule is Cc1ccc(NC(=O)Nc2c3c(nn2-c2ccccc2)CSC3)cc1. The van der Waals surface area contributed by atoms with Gasteiger partial charge in [0.2, 0.25) is 0 Å². The molecule has 4 rings (SSSR count). The third-order valence-corrected chi connectivity index (χ3v) is 5.06. The zero-order chi connectivity index (χ0) is 17.2. The molecule has 0 radical (unpaired) electrons. The van der Waals surface area contributed by atoms with Gasteiger partial charge in [-0.2, -0.15) is 16.9 Å². The minimum Gasteiger partial charge on any atom is -0.308 e. The molecule has 1 aromatic heterocycles. The number of nitrogens with one attached hydrogen (secondary N) is 2. The van der Waals surface area contributed by atoms with Crippen LogP contribution < -0.4 is 10.6 Å². The number of carbonyl (C=O) groups excluding carboxylic acids is 1. The molecule has 0 unspecified atom stereocenters. The number of amides is 2. The summed E-state index contributed by atoms with van der Waals surface area (Å²) in [5.74, 6) is 2.49. The van der Waals surface area contributed by atoms with Crippen molar-refractivity contribution in [3.05, 3.63) is 71.4 Å². The van der Waals surface area contributed by atoms with Crippen LogP contribution in [-0.2, 0) is 11.5 Å². The van der Waals surface area contributed by atoms with Gasteiger partial charge in [0.05, 0.1) is 11.4 Å². The van der Waals surface area contributed by atoms with E-state index >= 15 is 0 Å². The molecular formula is C19H18N4OS. The number of hydrogen-bond donors (Lipinski definition) is 2. The zero-order valence-corrected chi connectivity index (χ0v) is 14.6. The minimum absolute atomic E-state index is 0.263. The number of rotatable bonds is 3. The van der Waals surface area contributed by atoms with E-state index in [1.54, 1.807) is 0 Å². The van der Waals surface area contributed by atoms with Crippen LogP contribution in [0.4, 0.5) is 16.3 Å². The normalized spacial score (nSPS) is 12.7. The molecule has 0 saturated heterocycles. The van der Waals surface area contributed by atoms with Gasteiger partial charge >= 0.3 is 6.03 Å². The van der Waals surface area contributed by atoms with E-state index in [0.29, 0.717) is 0 Å². The highest BCUT2D eigenvalue weighted by atomic mass is 32.2. The number of para-hydroxylation sites is 1. The van der Waals surface area contributed by atoms with Crippen molar-refractivity contribution >= 4 is 29.3 Å². The molecule has 25 heavy (non-hydrogen) atoms. The average Bonchev–Trinajstić information content (AvgIpc) is 3.20. The molecule has 2 heterocycles. The molecule has 0 spiro atoms. The molecule has 1 aliphatic rings. The summed E-state index contributed by atoms with van der Waals surface area (Å²) in [6.07, 6.45) is 0. The van der Waals surface area contributed by atoms with Crippen LogP contribution in [0, 0.1) is 6.92 Å². The number of aromatic nitrogens is 2. The first-order chi connectivity index (χ1) is 12.2.